The quantitative estimate of drug-likeness (QED) is 0.393. The van der Waals surface area contributed by atoms with E-state index in [0.717, 1.165) is 0 Å². The van der Waals surface area contributed by atoms with Gasteiger partial charge in [0.25, 0.3) is 0 Å². The molecule has 0 radical (unpaired) electrons. The third-order valence-electron chi connectivity index (χ3n) is 1.64. The van der Waals surface area contributed by atoms with E-state index in [1.807, 2.05) is 13.8 Å². The molecule has 0 atom stereocenters. The first-order chi connectivity index (χ1) is 7.06. The molecular weight excluding hydrogens is 194 g/mol. The lowest BCUT2D eigenvalue weighted by molar-refractivity contribution is -0.144. The van der Waals surface area contributed by atoms with Gasteiger partial charge in [0.15, 0.2) is 0 Å². The first-order valence-corrected chi connectivity index (χ1v) is 5.12. The van der Waals surface area contributed by atoms with Gasteiger partial charge in [-0.15, -0.1) is 0 Å². The summed E-state index contributed by atoms with van der Waals surface area (Å²) in [5.41, 5.74) is 0. The summed E-state index contributed by atoms with van der Waals surface area (Å²) in [5, 5.41) is 2.60. The fourth-order valence-electron chi connectivity index (χ4n) is 0.934. The SMILES string of the molecule is C=CC(=O)NCCCOC(=O)CC(C)C. The molecule has 15 heavy (non-hydrogen) atoms. The van der Waals surface area contributed by atoms with E-state index in [0.29, 0.717) is 31.9 Å². The zero-order valence-corrected chi connectivity index (χ0v) is 9.41. The molecule has 0 heterocycles. The third kappa shape index (κ3) is 9.00. The van der Waals surface area contributed by atoms with Crippen molar-refractivity contribution in [1.82, 2.24) is 5.32 Å². The van der Waals surface area contributed by atoms with Crippen LogP contribution in [0.15, 0.2) is 12.7 Å². The average Bonchev–Trinajstić information content (AvgIpc) is 2.15. The van der Waals surface area contributed by atoms with E-state index < -0.39 is 0 Å². The van der Waals surface area contributed by atoms with E-state index in [1.54, 1.807) is 0 Å². The number of amides is 1. The highest BCUT2D eigenvalue weighted by atomic mass is 16.5. The maximum absolute atomic E-state index is 11.1. The van der Waals surface area contributed by atoms with E-state index in [4.69, 9.17) is 4.74 Å². The van der Waals surface area contributed by atoms with Crippen molar-refractivity contribution < 1.29 is 14.3 Å². The second-order valence-corrected chi connectivity index (χ2v) is 3.67. The van der Waals surface area contributed by atoms with Gasteiger partial charge in [-0.2, -0.15) is 0 Å². The van der Waals surface area contributed by atoms with Crippen LogP contribution in [-0.2, 0) is 14.3 Å². The summed E-state index contributed by atoms with van der Waals surface area (Å²) in [6, 6.07) is 0. The molecule has 1 N–H and O–H groups in total. The van der Waals surface area contributed by atoms with Gasteiger partial charge in [0.2, 0.25) is 5.91 Å². The zero-order chi connectivity index (χ0) is 11.7. The van der Waals surface area contributed by atoms with Crippen molar-refractivity contribution in [3.8, 4) is 0 Å². The average molecular weight is 213 g/mol. The molecule has 0 aromatic carbocycles. The fraction of sp³-hybridized carbons (Fsp3) is 0.636. The standard InChI is InChI=1S/C11H19NO3/c1-4-10(13)12-6-5-7-15-11(14)8-9(2)3/h4,9H,1,5-8H2,2-3H3,(H,12,13). The van der Waals surface area contributed by atoms with Crippen LogP contribution in [0.2, 0.25) is 0 Å². The lowest BCUT2D eigenvalue weighted by Gasteiger charge is -2.06. The molecule has 0 spiro atoms. The molecule has 0 unspecified atom stereocenters. The van der Waals surface area contributed by atoms with E-state index in [-0.39, 0.29) is 11.9 Å². The largest absolute Gasteiger partial charge is 0.466 e. The molecule has 0 saturated carbocycles. The molecule has 0 aromatic heterocycles. The van der Waals surface area contributed by atoms with Gasteiger partial charge in [-0.3, -0.25) is 9.59 Å². The number of carbonyl (C=O) groups is 2. The van der Waals surface area contributed by atoms with Crippen LogP contribution in [0.1, 0.15) is 26.7 Å². The van der Waals surface area contributed by atoms with Crippen LogP contribution in [0.25, 0.3) is 0 Å². The van der Waals surface area contributed by atoms with Gasteiger partial charge in [-0.1, -0.05) is 20.4 Å². The van der Waals surface area contributed by atoms with Gasteiger partial charge < -0.3 is 10.1 Å². The summed E-state index contributed by atoms with van der Waals surface area (Å²) in [6.07, 6.45) is 2.28. The van der Waals surface area contributed by atoms with Crippen LogP contribution in [0, 0.1) is 5.92 Å². The maximum atomic E-state index is 11.1. The Balaban J connectivity index is 3.34. The van der Waals surface area contributed by atoms with Crippen LogP contribution in [0.5, 0.6) is 0 Å². The molecule has 4 nitrogen and oxygen atoms in total. The Morgan fingerprint density at radius 3 is 2.67 bits per heavy atom. The summed E-state index contributed by atoms with van der Waals surface area (Å²) in [7, 11) is 0. The van der Waals surface area contributed by atoms with Gasteiger partial charge in [0.1, 0.15) is 0 Å². The molecule has 0 aliphatic rings. The zero-order valence-electron chi connectivity index (χ0n) is 9.41. The first kappa shape index (κ1) is 13.7. The van der Waals surface area contributed by atoms with E-state index in [1.165, 1.54) is 6.08 Å². The second-order valence-electron chi connectivity index (χ2n) is 3.67. The highest BCUT2D eigenvalue weighted by molar-refractivity contribution is 5.86. The van der Waals surface area contributed by atoms with E-state index in [9.17, 15) is 9.59 Å². The minimum Gasteiger partial charge on any atom is -0.466 e. The molecule has 0 fully saturated rings. The predicted molar refractivity (Wildman–Crippen MR) is 58.2 cm³/mol. The molecule has 86 valence electrons. The molecule has 0 aromatic rings. The van der Waals surface area contributed by atoms with Crippen molar-refractivity contribution in [1.29, 1.82) is 0 Å². The number of carbonyl (C=O) groups excluding carboxylic acids is 2. The number of ether oxygens (including phenoxy) is 1. The number of esters is 1. The molecule has 0 aliphatic heterocycles. The van der Waals surface area contributed by atoms with Crippen molar-refractivity contribution in [2.24, 2.45) is 5.92 Å². The summed E-state index contributed by atoms with van der Waals surface area (Å²) < 4.78 is 4.95. The van der Waals surface area contributed by atoms with E-state index >= 15 is 0 Å². The monoisotopic (exact) mass is 213 g/mol. The molecule has 0 bridgehead atoms. The lowest BCUT2D eigenvalue weighted by Crippen LogP contribution is -2.23. The van der Waals surface area contributed by atoms with Crippen molar-refractivity contribution in [3.05, 3.63) is 12.7 Å². The summed E-state index contributed by atoms with van der Waals surface area (Å²) >= 11 is 0. The number of hydrogen-bond donors (Lipinski definition) is 1. The molecular formula is C11H19NO3. The first-order valence-electron chi connectivity index (χ1n) is 5.12. The van der Waals surface area contributed by atoms with Crippen molar-refractivity contribution in [2.45, 2.75) is 26.7 Å². The molecule has 4 heteroatoms. The third-order valence-corrected chi connectivity index (χ3v) is 1.64. The normalized spacial score (nSPS) is 9.80. The van der Waals surface area contributed by atoms with Crippen LogP contribution >= 0.6 is 0 Å². The van der Waals surface area contributed by atoms with Gasteiger partial charge in [0, 0.05) is 13.0 Å². The van der Waals surface area contributed by atoms with Gasteiger partial charge in [-0.25, -0.2) is 0 Å². The molecule has 1 amide bonds. The maximum Gasteiger partial charge on any atom is 0.306 e. The van der Waals surface area contributed by atoms with Gasteiger partial charge in [0.05, 0.1) is 6.61 Å². The Morgan fingerprint density at radius 2 is 2.13 bits per heavy atom. The lowest BCUT2D eigenvalue weighted by atomic mass is 10.1. The highest BCUT2D eigenvalue weighted by Gasteiger charge is 2.05. The Hall–Kier alpha value is -1.32. The van der Waals surface area contributed by atoms with Crippen LogP contribution in [0.3, 0.4) is 0 Å². The van der Waals surface area contributed by atoms with Crippen molar-refractivity contribution >= 4 is 11.9 Å². The molecule has 0 rings (SSSR count). The molecule has 0 aliphatic carbocycles. The highest BCUT2D eigenvalue weighted by Crippen LogP contribution is 2.00. The fourth-order valence-corrected chi connectivity index (χ4v) is 0.934. The Bertz CT molecular complexity index is 224. The Labute approximate surface area is 90.7 Å². The van der Waals surface area contributed by atoms with Crippen LogP contribution in [-0.4, -0.2) is 25.0 Å². The Kier molecular flexibility index (Phi) is 7.32. The minimum atomic E-state index is -0.205. The Morgan fingerprint density at radius 1 is 1.47 bits per heavy atom. The summed E-state index contributed by atoms with van der Waals surface area (Å²) in [5.74, 6) is -0.0680. The minimum absolute atomic E-state index is 0.181. The number of nitrogens with one attached hydrogen (secondary N) is 1. The summed E-state index contributed by atoms with van der Waals surface area (Å²) in [4.78, 5) is 21.8. The van der Waals surface area contributed by atoms with Crippen LogP contribution in [0.4, 0.5) is 0 Å². The van der Waals surface area contributed by atoms with Crippen LogP contribution < -0.4 is 5.32 Å². The number of rotatable bonds is 7. The van der Waals surface area contributed by atoms with Gasteiger partial charge >= 0.3 is 5.97 Å². The van der Waals surface area contributed by atoms with Crippen molar-refractivity contribution in [3.63, 3.8) is 0 Å². The predicted octanol–water partition coefficient (Wildman–Crippen LogP) is 1.27. The van der Waals surface area contributed by atoms with Gasteiger partial charge in [-0.05, 0) is 18.4 Å². The molecule has 0 saturated heterocycles. The smallest absolute Gasteiger partial charge is 0.306 e. The number of hydrogen-bond acceptors (Lipinski definition) is 3. The second kappa shape index (κ2) is 8.03. The topological polar surface area (TPSA) is 55.4 Å². The van der Waals surface area contributed by atoms with E-state index in [2.05, 4.69) is 11.9 Å². The summed E-state index contributed by atoms with van der Waals surface area (Å²) in [6.45, 7) is 8.10. The van der Waals surface area contributed by atoms with Crippen molar-refractivity contribution in [2.75, 3.05) is 13.2 Å².